The fourth-order valence-corrected chi connectivity index (χ4v) is 3.08. The number of halogens is 3. The monoisotopic (exact) mass is 287 g/mol. The van der Waals surface area contributed by atoms with Gasteiger partial charge in [0.2, 0.25) is 0 Å². The van der Waals surface area contributed by atoms with Crippen LogP contribution >= 0.6 is 0 Å². The van der Waals surface area contributed by atoms with Crippen molar-refractivity contribution < 1.29 is 18.3 Å². The Morgan fingerprint density at radius 2 is 2.05 bits per heavy atom. The lowest BCUT2D eigenvalue weighted by atomic mass is 9.76. The molecule has 2 unspecified atom stereocenters. The van der Waals surface area contributed by atoms with Crippen LogP contribution in [0.15, 0.2) is 24.3 Å². The maximum Gasteiger partial charge on any atom is 0.418 e. The number of hydrogen-bond donors (Lipinski definition) is 2. The Kier molecular flexibility index (Phi) is 4.28. The van der Waals surface area contributed by atoms with Crippen molar-refractivity contribution in [2.45, 2.75) is 44.3 Å². The zero-order chi connectivity index (χ0) is 14.8. The van der Waals surface area contributed by atoms with Crippen molar-refractivity contribution >= 4 is 5.69 Å². The van der Waals surface area contributed by atoms with Crippen LogP contribution in [0.1, 0.15) is 38.2 Å². The molecule has 2 atom stereocenters. The molecule has 112 valence electrons. The molecule has 1 fully saturated rings. The molecule has 2 nitrogen and oxygen atoms in total. The van der Waals surface area contributed by atoms with Gasteiger partial charge in [0, 0.05) is 5.69 Å². The molecule has 2 N–H and O–H groups in total. The summed E-state index contributed by atoms with van der Waals surface area (Å²) in [6.07, 6.45) is -1.02. The van der Waals surface area contributed by atoms with Crippen molar-refractivity contribution in [2.24, 2.45) is 5.92 Å². The van der Waals surface area contributed by atoms with E-state index in [2.05, 4.69) is 12.2 Å². The van der Waals surface area contributed by atoms with Crippen molar-refractivity contribution in [1.82, 2.24) is 0 Å². The van der Waals surface area contributed by atoms with E-state index in [-0.39, 0.29) is 12.3 Å². The summed E-state index contributed by atoms with van der Waals surface area (Å²) in [6, 6.07) is 5.46. The summed E-state index contributed by atoms with van der Waals surface area (Å²) >= 11 is 0. The van der Waals surface area contributed by atoms with E-state index in [0.29, 0.717) is 18.8 Å². The van der Waals surface area contributed by atoms with Crippen LogP contribution in [0, 0.1) is 5.92 Å². The van der Waals surface area contributed by atoms with Gasteiger partial charge in [-0.1, -0.05) is 31.9 Å². The molecule has 0 amide bonds. The lowest BCUT2D eigenvalue weighted by Crippen LogP contribution is -2.46. The molecule has 20 heavy (non-hydrogen) atoms. The maximum atomic E-state index is 13.0. The van der Waals surface area contributed by atoms with Crippen molar-refractivity contribution in [3.05, 3.63) is 29.8 Å². The third-order valence-electron chi connectivity index (χ3n) is 4.03. The first-order valence-electron chi connectivity index (χ1n) is 6.92. The molecule has 1 aromatic carbocycles. The van der Waals surface area contributed by atoms with Gasteiger partial charge >= 0.3 is 6.18 Å². The summed E-state index contributed by atoms with van der Waals surface area (Å²) < 4.78 is 39.0. The highest BCUT2D eigenvalue weighted by atomic mass is 19.4. The summed E-state index contributed by atoms with van der Waals surface area (Å²) in [6.45, 7) is 1.92. The van der Waals surface area contributed by atoms with Gasteiger partial charge in [-0.05, 0) is 30.9 Å². The van der Waals surface area contributed by atoms with Gasteiger partial charge in [0.05, 0.1) is 17.7 Å². The third-order valence-corrected chi connectivity index (χ3v) is 4.03. The second-order valence-corrected chi connectivity index (χ2v) is 5.81. The van der Waals surface area contributed by atoms with Crippen LogP contribution in [0.2, 0.25) is 0 Å². The van der Waals surface area contributed by atoms with Crippen molar-refractivity contribution in [3.8, 4) is 0 Å². The summed E-state index contributed by atoms with van der Waals surface area (Å²) in [5.74, 6) is 0.404. The minimum atomic E-state index is -4.39. The van der Waals surface area contributed by atoms with E-state index in [1.807, 2.05) is 0 Å². The lowest BCUT2D eigenvalue weighted by molar-refractivity contribution is -0.137. The van der Waals surface area contributed by atoms with E-state index in [0.717, 1.165) is 18.9 Å². The number of aliphatic hydroxyl groups excluding tert-OH is 1. The predicted molar refractivity (Wildman–Crippen MR) is 72.5 cm³/mol. The average Bonchev–Trinajstić information content (AvgIpc) is 2.38. The Bertz CT molecular complexity index is 461. The highest BCUT2D eigenvalue weighted by molar-refractivity contribution is 5.54. The normalized spacial score (nSPS) is 27.4. The third kappa shape index (κ3) is 3.26. The molecule has 0 radical (unpaired) electrons. The summed E-state index contributed by atoms with van der Waals surface area (Å²) in [5.41, 5.74) is -1.26. The molecular weight excluding hydrogens is 267 g/mol. The molecule has 1 saturated carbocycles. The number of benzene rings is 1. The molecule has 0 saturated heterocycles. The number of nitrogens with one attached hydrogen (secondary N) is 1. The average molecular weight is 287 g/mol. The van der Waals surface area contributed by atoms with Crippen molar-refractivity contribution in [1.29, 1.82) is 0 Å². The van der Waals surface area contributed by atoms with Gasteiger partial charge in [-0.25, -0.2) is 0 Å². The SMILES string of the molecule is CC1CCCC(CO)(Nc2ccccc2C(F)(F)F)C1. The largest absolute Gasteiger partial charge is 0.418 e. The molecular formula is C15H20F3NO. The Hall–Kier alpha value is -1.23. The van der Waals surface area contributed by atoms with E-state index in [1.54, 1.807) is 6.07 Å². The van der Waals surface area contributed by atoms with Crippen LogP contribution in [0.5, 0.6) is 0 Å². The number of rotatable bonds is 3. The lowest BCUT2D eigenvalue weighted by Gasteiger charge is -2.40. The predicted octanol–water partition coefficient (Wildman–Crippen LogP) is 4.06. The standard InChI is InChI=1S/C15H20F3NO/c1-11-5-4-8-14(9-11,10-20)19-13-7-3-2-6-12(13)15(16,17)18/h2-3,6-7,11,19-20H,4-5,8-10H2,1H3. The smallest absolute Gasteiger partial charge is 0.394 e. The Labute approximate surface area is 117 Å². The zero-order valence-electron chi connectivity index (χ0n) is 11.5. The maximum absolute atomic E-state index is 13.0. The second-order valence-electron chi connectivity index (χ2n) is 5.81. The quantitative estimate of drug-likeness (QED) is 0.878. The van der Waals surface area contributed by atoms with Crippen LogP contribution in [0.25, 0.3) is 0 Å². The van der Waals surface area contributed by atoms with Crippen LogP contribution in [-0.2, 0) is 6.18 Å². The van der Waals surface area contributed by atoms with Crippen molar-refractivity contribution in [2.75, 3.05) is 11.9 Å². The van der Waals surface area contributed by atoms with E-state index in [1.165, 1.54) is 12.1 Å². The van der Waals surface area contributed by atoms with E-state index in [9.17, 15) is 18.3 Å². The van der Waals surface area contributed by atoms with Crippen molar-refractivity contribution in [3.63, 3.8) is 0 Å². The molecule has 0 spiro atoms. The van der Waals surface area contributed by atoms with Gasteiger partial charge < -0.3 is 10.4 Å². The molecule has 2 rings (SSSR count). The number of aliphatic hydroxyl groups is 1. The van der Waals surface area contributed by atoms with Gasteiger partial charge in [-0.15, -0.1) is 0 Å². The Balaban J connectivity index is 2.28. The van der Waals surface area contributed by atoms with Crippen LogP contribution < -0.4 is 5.32 Å². The highest BCUT2D eigenvalue weighted by Gasteiger charge is 2.38. The number of hydrogen-bond acceptors (Lipinski definition) is 2. The fourth-order valence-electron chi connectivity index (χ4n) is 3.08. The van der Waals surface area contributed by atoms with Gasteiger partial charge in [0.1, 0.15) is 0 Å². The van der Waals surface area contributed by atoms with Gasteiger partial charge in [0.15, 0.2) is 0 Å². The first-order chi connectivity index (χ1) is 9.36. The molecule has 0 aliphatic heterocycles. The molecule has 0 aromatic heterocycles. The first kappa shape index (κ1) is 15.2. The van der Waals surface area contributed by atoms with Gasteiger partial charge in [0.25, 0.3) is 0 Å². The van der Waals surface area contributed by atoms with Gasteiger partial charge in [-0.3, -0.25) is 0 Å². The van der Waals surface area contributed by atoms with E-state index in [4.69, 9.17) is 0 Å². The van der Waals surface area contributed by atoms with Crippen LogP contribution in [0.4, 0.5) is 18.9 Å². The summed E-state index contributed by atoms with van der Waals surface area (Å²) in [7, 11) is 0. The molecule has 1 aromatic rings. The zero-order valence-corrected chi connectivity index (χ0v) is 11.5. The van der Waals surface area contributed by atoms with Crippen LogP contribution in [-0.4, -0.2) is 17.3 Å². The number of alkyl halides is 3. The Morgan fingerprint density at radius 1 is 1.35 bits per heavy atom. The molecule has 0 heterocycles. The minimum Gasteiger partial charge on any atom is -0.394 e. The van der Waals surface area contributed by atoms with E-state index >= 15 is 0 Å². The summed E-state index contributed by atoms with van der Waals surface area (Å²) in [4.78, 5) is 0. The number of anilines is 1. The number of para-hydroxylation sites is 1. The molecule has 5 heteroatoms. The highest BCUT2D eigenvalue weighted by Crippen LogP contribution is 2.39. The van der Waals surface area contributed by atoms with Gasteiger partial charge in [-0.2, -0.15) is 13.2 Å². The summed E-state index contributed by atoms with van der Waals surface area (Å²) in [5, 5.41) is 12.7. The second kappa shape index (κ2) is 5.64. The minimum absolute atomic E-state index is 0.0585. The topological polar surface area (TPSA) is 32.3 Å². The van der Waals surface area contributed by atoms with Crippen LogP contribution in [0.3, 0.4) is 0 Å². The Morgan fingerprint density at radius 3 is 2.65 bits per heavy atom. The first-order valence-corrected chi connectivity index (χ1v) is 6.92. The molecule has 1 aliphatic rings. The van der Waals surface area contributed by atoms with E-state index < -0.39 is 17.3 Å². The molecule has 0 bridgehead atoms. The fraction of sp³-hybridized carbons (Fsp3) is 0.600. The molecule has 1 aliphatic carbocycles.